The lowest BCUT2D eigenvalue weighted by molar-refractivity contribution is 0.0954. The monoisotopic (exact) mass is 240 g/mol. The normalized spacial score (nSPS) is 9.19. The molecule has 0 aromatic carbocycles. The van der Waals surface area contributed by atoms with Crippen LogP contribution in [0.15, 0.2) is 12.3 Å². The molecule has 1 N–H and O–H groups in total. The Morgan fingerprint density at radius 1 is 1.69 bits per heavy atom. The summed E-state index contributed by atoms with van der Waals surface area (Å²) in [5.41, 5.74) is 0.0334. The maximum Gasteiger partial charge on any atom is 0.254 e. The number of halogens is 2. The van der Waals surface area contributed by atoms with E-state index >= 15 is 0 Å². The number of pyridine rings is 1. The molecule has 0 bridgehead atoms. The summed E-state index contributed by atoms with van der Waals surface area (Å²) in [6.07, 6.45) is 1.50. The van der Waals surface area contributed by atoms with Gasteiger partial charge in [-0.25, -0.2) is 9.37 Å². The lowest BCUT2D eigenvalue weighted by Crippen LogP contribution is -2.24. The van der Waals surface area contributed by atoms with Crippen LogP contribution in [0.2, 0.25) is 5.15 Å². The molecule has 0 atom stereocenters. The predicted octanol–water partition coefficient (Wildman–Crippen LogP) is 2.02. The van der Waals surface area contributed by atoms with E-state index in [-0.39, 0.29) is 10.7 Å². The number of hydrogen-bond donors (Lipinski definition) is 1. The van der Waals surface area contributed by atoms with Gasteiger partial charge in [-0.15, -0.1) is 11.8 Å². The highest BCUT2D eigenvalue weighted by Gasteiger charge is 2.11. The third-order valence-electron chi connectivity index (χ3n) is 1.76. The van der Waals surface area contributed by atoms with Gasteiger partial charge in [-0.1, -0.05) is 11.6 Å². The molecule has 0 saturated heterocycles. The first kappa shape index (κ1) is 12.5. The standard InChI is InChI=1S/C11H10ClFN2O/c1-2-3-4-5-14-11(16)9-6-8(13)7-15-10(9)12/h6-7H,4-5H2,1H3,(H,14,16). The van der Waals surface area contributed by atoms with E-state index in [0.717, 1.165) is 12.3 Å². The highest BCUT2D eigenvalue weighted by molar-refractivity contribution is 6.32. The zero-order valence-electron chi connectivity index (χ0n) is 8.68. The molecule has 0 aliphatic carbocycles. The summed E-state index contributed by atoms with van der Waals surface area (Å²) < 4.78 is 12.8. The van der Waals surface area contributed by atoms with Gasteiger partial charge in [0.2, 0.25) is 0 Å². The molecule has 1 heterocycles. The highest BCUT2D eigenvalue weighted by Crippen LogP contribution is 2.13. The lowest BCUT2D eigenvalue weighted by Gasteiger charge is -2.04. The van der Waals surface area contributed by atoms with E-state index < -0.39 is 11.7 Å². The van der Waals surface area contributed by atoms with Gasteiger partial charge in [-0.2, -0.15) is 0 Å². The van der Waals surface area contributed by atoms with Crippen LogP contribution in [-0.2, 0) is 0 Å². The average molecular weight is 241 g/mol. The molecule has 1 amide bonds. The van der Waals surface area contributed by atoms with E-state index in [0.29, 0.717) is 13.0 Å². The summed E-state index contributed by atoms with van der Waals surface area (Å²) in [6, 6.07) is 1.05. The molecule has 0 aliphatic rings. The fourth-order valence-corrected chi connectivity index (χ4v) is 1.23. The van der Waals surface area contributed by atoms with Gasteiger partial charge in [0.1, 0.15) is 11.0 Å². The summed E-state index contributed by atoms with van der Waals surface area (Å²) in [4.78, 5) is 15.1. The van der Waals surface area contributed by atoms with Gasteiger partial charge >= 0.3 is 0 Å². The number of carbonyl (C=O) groups is 1. The van der Waals surface area contributed by atoms with Crippen LogP contribution in [0.4, 0.5) is 4.39 Å². The SMILES string of the molecule is CC#CCCNC(=O)c1cc(F)cnc1Cl. The van der Waals surface area contributed by atoms with Gasteiger partial charge < -0.3 is 5.32 Å². The Morgan fingerprint density at radius 2 is 2.44 bits per heavy atom. The molecule has 3 nitrogen and oxygen atoms in total. The maximum atomic E-state index is 12.8. The van der Waals surface area contributed by atoms with Crippen LogP contribution in [0, 0.1) is 17.7 Å². The second-order valence-electron chi connectivity index (χ2n) is 2.92. The fourth-order valence-electron chi connectivity index (χ4n) is 1.04. The molecular weight excluding hydrogens is 231 g/mol. The molecule has 5 heteroatoms. The Balaban J connectivity index is 2.64. The van der Waals surface area contributed by atoms with Crippen molar-refractivity contribution in [2.75, 3.05) is 6.54 Å². The second-order valence-corrected chi connectivity index (χ2v) is 3.28. The van der Waals surface area contributed by atoms with Gasteiger partial charge in [-0.05, 0) is 13.0 Å². The van der Waals surface area contributed by atoms with Crippen molar-refractivity contribution < 1.29 is 9.18 Å². The minimum Gasteiger partial charge on any atom is -0.351 e. The molecule has 0 radical (unpaired) electrons. The van der Waals surface area contributed by atoms with E-state index in [1.54, 1.807) is 6.92 Å². The largest absolute Gasteiger partial charge is 0.351 e. The number of nitrogens with zero attached hydrogens (tertiary/aromatic N) is 1. The van der Waals surface area contributed by atoms with Crippen LogP contribution >= 0.6 is 11.6 Å². The maximum absolute atomic E-state index is 12.8. The quantitative estimate of drug-likeness (QED) is 0.499. The minimum absolute atomic E-state index is 0.0134. The van der Waals surface area contributed by atoms with Crippen molar-refractivity contribution in [1.29, 1.82) is 0 Å². The number of nitrogens with one attached hydrogen (secondary N) is 1. The molecule has 0 fully saturated rings. The molecule has 16 heavy (non-hydrogen) atoms. The Morgan fingerprint density at radius 3 is 3.12 bits per heavy atom. The molecule has 1 rings (SSSR count). The lowest BCUT2D eigenvalue weighted by atomic mass is 10.2. The molecule has 0 saturated carbocycles. The van der Waals surface area contributed by atoms with Gasteiger partial charge in [0, 0.05) is 13.0 Å². The number of amides is 1. The molecule has 1 aromatic rings. The van der Waals surface area contributed by atoms with Crippen molar-refractivity contribution in [3.8, 4) is 11.8 Å². The Kier molecular flexibility index (Phi) is 4.74. The van der Waals surface area contributed by atoms with Gasteiger partial charge in [0.15, 0.2) is 0 Å². The van der Waals surface area contributed by atoms with Gasteiger partial charge in [-0.3, -0.25) is 4.79 Å². The van der Waals surface area contributed by atoms with Crippen LogP contribution in [0.3, 0.4) is 0 Å². The smallest absolute Gasteiger partial charge is 0.254 e. The first-order valence-electron chi connectivity index (χ1n) is 4.64. The van der Waals surface area contributed by atoms with Crippen molar-refractivity contribution >= 4 is 17.5 Å². The summed E-state index contributed by atoms with van der Waals surface area (Å²) in [5, 5.41) is 2.56. The van der Waals surface area contributed by atoms with Crippen molar-refractivity contribution in [3.63, 3.8) is 0 Å². The molecule has 0 spiro atoms. The first-order chi connectivity index (χ1) is 7.65. The Bertz CT molecular complexity index is 451. The first-order valence-corrected chi connectivity index (χ1v) is 5.01. The topological polar surface area (TPSA) is 42.0 Å². The van der Waals surface area contributed by atoms with Crippen LogP contribution in [0.1, 0.15) is 23.7 Å². The summed E-state index contributed by atoms with van der Waals surface area (Å²) in [5.74, 6) is 4.45. The zero-order chi connectivity index (χ0) is 12.0. The van der Waals surface area contributed by atoms with Crippen molar-refractivity contribution in [2.24, 2.45) is 0 Å². The third kappa shape index (κ3) is 3.52. The van der Waals surface area contributed by atoms with E-state index in [9.17, 15) is 9.18 Å². The van der Waals surface area contributed by atoms with Crippen molar-refractivity contribution in [1.82, 2.24) is 10.3 Å². The van der Waals surface area contributed by atoms with E-state index in [4.69, 9.17) is 11.6 Å². The summed E-state index contributed by atoms with van der Waals surface area (Å²) in [6.45, 7) is 2.11. The third-order valence-corrected chi connectivity index (χ3v) is 2.06. The van der Waals surface area contributed by atoms with Crippen LogP contribution < -0.4 is 5.32 Å². The molecular formula is C11H10ClFN2O. The minimum atomic E-state index is -0.595. The van der Waals surface area contributed by atoms with Crippen LogP contribution in [0.5, 0.6) is 0 Å². The Labute approximate surface area is 98.0 Å². The number of carbonyl (C=O) groups excluding carboxylic acids is 1. The van der Waals surface area contributed by atoms with Crippen molar-refractivity contribution in [2.45, 2.75) is 13.3 Å². The fraction of sp³-hybridized carbons (Fsp3) is 0.273. The number of rotatable bonds is 3. The average Bonchev–Trinajstić information content (AvgIpc) is 2.27. The molecule has 0 unspecified atom stereocenters. The summed E-state index contributed by atoms with van der Waals surface area (Å²) in [7, 11) is 0. The molecule has 84 valence electrons. The highest BCUT2D eigenvalue weighted by atomic mass is 35.5. The van der Waals surface area contributed by atoms with Crippen LogP contribution in [-0.4, -0.2) is 17.4 Å². The predicted molar refractivity (Wildman–Crippen MR) is 59.6 cm³/mol. The van der Waals surface area contributed by atoms with E-state index in [1.807, 2.05) is 0 Å². The zero-order valence-corrected chi connectivity index (χ0v) is 9.44. The van der Waals surface area contributed by atoms with Crippen molar-refractivity contribution in [3.05, 3.63) is 28.8 Å². The molecule has 0 aliphatic heterocycles. The van der Waals surface area contributed by atoms with E-state index in [2.05, 4.69) is 22.1 Å². The van der Waals surface area contributed by atoms with E-state index in [1.165, 1.54) is 0 Å². The van der Waals surface area contributed by atoms with Crippen LogP contribution in [0.25, 0.3) is 0 Å². The van der Waals surface area contributed by atoms with Gasteiger partial charge in [0.25, 0.3) is 5.91 Å². The second kappa shape index (κ2) is 6.09. The number of aromatic nitrogens is 1. The Hall–Kier alpha value is -1.60. The van der Waals surface area contributed by atoms with Gasteiger partial charge in [0.05, 0.1) is 11.8 Å². The number of hydrogen-bond acceptors (Lipinski definition) is 2. The summed E-state index contributed by atoms with van der Waals surface area (Å²) >= 11 is 5.66. The molecule has 1 aromatic heterocycles.